The van der Waals surface area contributed by atoms with Gasteiger partial charge in [0.15, 0.2) is 0 Å². The molecule has 0 saturated carbocycles. The molecule has 178 valence electrons. The Morgan fingerprint density at radius 3 is 2.60 bits per heavy atom. The molecule has 3 aromatic heterocycles. The smallest absolute Gasteiger partial charge is 0.0744 e. The van der Waals surface area contributed by atoms with E-state index in [0.717, 1.165) is 67.8 Å². The number of rotatable bonds is 4. The second-order valence-corrected chi connectivity index (χ2v) is 9.90. The molecule has 1 fully saturated rings. The minimum Gasteiger partial charge on any atom is -0.395 e. The summed E-state index contributed by atoms with van der Waals surface area (Å²) < 4.78 is 0. The number of β-amino-alcohol motifs (C(OH)–C–C–N with tert-alkyl or cyclic N) is 1. The van der Waals surface area contributed by atoms with Crippen molar-refractivity contribution in [1.29, 1.82) is 0 Å². The molecule has 4 heterocycles. The Labute approximate surface area is 203 Å². The van der Waals surface area contributed by atoms with Crippen LogP contribution in [-0.4, -0.2) is 69.5 Å². The first-order valence-corrected chi connectivity index (χ1v) is 12.8. The van der Waals surface area contributed by atoms with Gasteiger partial charge in [-0.2, -0.15) is 5.10 Å². The molecule has 1 aliphatic carbocycles. The summed E-state index contributed by atoms with van der Waals surface area (Å²) in [5.41, 5.74) is 9.77. The highest BCUT2D eigenvalue weighted by atomic mass is 16.3. The Kier molecular flexibility index (Phi) is 4.99. The number of aliphatic hydroxyl groups excluding tert-OH is 1. The molecule has 1 saturated heterocycles. The summed E-state index contributed by atoms with van der Waals surface area (Å²) in [6.07, 6.45) is 8.71. The molecule has 2 aliphatic rings. The number of aromatic amines is 2. The van der Waals surface area contributed by atoms with Crippen LogP contribution in [-0.2, 0) is 12.8 Å². The Bertz CT molecular complexity index is 1540. The van der Waals surface area contributed by atoms with Crippen molar-refractivity contribution in [3.8, 4) is 11.3 Å². The van der Waals surface area contributed by atoms with Crippen molar-refractivity contribution in [1.82, 2.24) is 25.1 Å². The van der Waals surface area contributed by atoms with Gasteiger partial charge in [0, 0.05) is 66.2 Å². The predicted octanol–water partition coefficient (Wildman–Crippen LogP) is 4.25. The maximum absolute atomic E-state index is 9.27. The van der Waals surface area contributed by atoms with Gasteiger partial charge in [-0.1, -0.05) is 6.07 Å². The molecule has 0 spiro atoms. The predicted molar refractivity (Wildman–Crippen MR) is 141 cm³/mol. The van der Waals surface area contributed by atoms with Crippen molar-refractivity contribution in [2.45, 2.75) is 25.7 Å². The summed E-state index contributed by atoms with van der Waals surface area (Å²) in [5, 5.41) is 20.4. The SMILES string of the molecule is OCCN1CCN(c2c[nH]c3ccc(-c4nc5ccc6[nH]ncc6c5c5c4CCCC5)cc23)CC1. The van der Waals surface area contributed by atoms with Crippen LogP contribution < -0.4 is 4.90 Å². The molecule has 7 heteroatoms. The van der Waals surface area contributed by atoms with Crippen molar-refractivity contribution < 1.29 is 5.11 Å². The van der Waals surface area contributed by atoms with Gasteiger partial charge in [0.05, 0.1) is 35.2 Å². The first kappa shape index (κ1) is 20.9. The molecule has 1 aliphatic heterocycles. The number of pyridine rings is 1. The van der Waals surface area contributed by atoms with E-state index in [1.165, 1.54) is 51.4 Å². The van der Waals surface area contributed by atoms with Gasteiger partial charge in [-0.3, -0.25) is 10.00 Å². The van der Waals surface area contributed by atoms with Gasteiger partial charge in [-0.25, -0.2) is 4.98 Å². The van der Waals surface area contributed by atoms with Crippen molar-refractivity contribution in [2.75, 3.05) is 44.2 Å². The number of benzene rings is 2. The van der Waals surface area contributed by atoms with Gasteiger partial charge in [-0.15, -0.1) is 0 Å². The van der Waals surface area contributed by atoms with Crippen LogP contribution >= 0.6 is 0 Å². The van der Waals surface area contributed by atoms with E-state index < -0.39 is 0 Å². The maximum atomic E-state index is 9.27. The monoisotopic (exact) mass is 466 g/mol. The van der Waals surface area contributed by atoms with Crippen molar-refractivity contribution in [2.24, 2.45) is 0 Å². The molecule has 0 amide bonds. The number of aryl methyl sites for hydroxylation is 1. The highest BCUT2D eigenvalue weighted by molar-refractivity contribution is 6.08. The van der Waals surface area contributed by atoms with Crippen LogP contribution in [0.3, 0.4) is 0 Å². The molecule has 0 bridgehead atoms. The number of H-pyrrole nitrogens is 2. The fourth-order valence-electron chi connectivity index (χ4n) is 6.15. The summed E-state index contributed by atoms with van der Waals surface area (Å²) in [5.74, 6) is 0. The number of nitrogens with one attached hydrogen (secondary N) is 2. The Morgan fingerprint density at radius 2 is 1.74 bits per heavy atom. The maximum Gasteiger partial charge on any atom is 0.0744 e. The minimum atomic E-state index is 0.228. The Hall–Kier alpha value is -3.42. The van der Waals surface area contributed by atoms with Crippen molar-refractivity contribution in [3.05, 3.63) is 53.9 Å². The van der Waals surface area contributed by atoms with Crippen LogP contribution in [0.15, 0.2) is 42.7 Å². The third-order valence-corrected chi connectivity index (χ3v) is 7.95. The van der Waals surface area contributed by atoms with Crippen LogP contribution in [0, 0.1) is 0 Å². The molecule has 35 heavy (non-hydrogen) atoms. The van der Waals surface area contributed by atoms with Gasteiger partial charge in [0.1, 0.15) is 0 Å². The lowest BCUT2D eigenvalue weighted by atomic mass is 9.85. The Morgan fingerprint density at radius 1 is 0.914 bits per heavy atom. The van der Waals surface area contributed by atoms with Crippen molar-refractivity contribution in [3.63, 3.8) is 0 Å². The highest BCUT2D eigenvalue weighted by Crippen LogP contribution is 2.39. The average molecular weight is 467 g/mol. The van der Waals surface area contributed by atoms with Crippen LogP contribution in [0.1, 0.15) is 24.0 Å². The van der Waals surface area contributed by atoms with Gasteiger partial charge >= 0.3 is 0 Å². The molecule has 5 aromatic rings. The second-order valence-electron chi connectivity index (χ2n) is 9.90. The number of aliphatic hydroxyl groups is 1. The summed E-state index contributed by atoms with van der Waals surface area (Å²) in [4.78, 5) is 13.5. The number of nitrogens with zero attached hydrogens (tertiary/aromatic N) is 4. The normalized spacial score (nSPS) is 17.0. The lowest BCUT2D eigenvalue weighted by Gasteiger charge is -2.35. The highest BCUT2D eigenvalue weighted by Gasteiger charge is 2.23. The summed E-state index contributed by atoms with van der Waals surface area (Å²) >= 11 is 0. The average Bonchev–Trinajstić information content (AvgIpc) is 3.55. The molecule has 3 N–H and O–H groups in total. The molecule has 7 rings (SSSR count). The molecule has 0 radical (unpaired) electrons. The van der Waals surface area contributed by atoms with Crippen molar-refractivity contribution >= 4 is 38.4 Å². The molecule has 0 unspecified atom stereocenters. The molecule has 7 nitrogen and oxygen atoms in total. The fraction of sp³-hybridized carbons (Fsp3) is 0.357. The first-order valence-electron chi connectivity index (χ1n) is 12.8. The summed E-state index contributed by atoms with van der Waals surface area (Å²) in [6.45, 7) is 4.90. The van der Waals surface area contributed by atoms with E-state index in [-0.39, 0.29) is 6.61 Å². The number of piperazine rings is 1. The molecule has 0 atom stereocenters. The van der Waals surface area contributed by atoms with Crippen LogP contribution in [0.5, 0.6) is 0 Å². The number of aromatic nitrogens is 4. The quantitative estimate of drug-likeness (QED) is 0.369. The number of hydrogen-bond donors (Lipinski definition) is 3. The van der Waals surface area contributed by atoms with Crippen LogP contribution in [0.25, 0.3) is 44.0 Å². The van der Waals surface area contributed by atoms with Crippen LogP contribution in [0.2, 0.25) is 0 Å². The fourth-order valence-corrected chi connectivity index (χ4v) is 6.15. The van der Waals surface area contributed by atoms with Gasteiger partial charge in [0.25, 0.3) is 0 Å². The minimum absolute atomic E-state index is 0.228. The van der Waals surface area contributed by atoms with E-state index in [0.29, 0.717) is 0 Å². The standard InChI is InChI=1S/C28H30N6O/c35-14-13-33-9-11-34(12-10-33)26-17-29-23-6-5-18(15-21(23)26)28-20-4-2-1-3-19(20)27-22-16-30-32-24(22)7-8-25(27)31-28/h5-8,15-17,29,35H,1-4,9-14H2,(H,30,32). The van der Waals surface area contributed by atoms with E-state index in [1.54, 1.807) is 0 Å². The Balaban J connectivity index is 1.34. The van der Waals surface area contributed by atoms with Crippen LogP contribution in [0.4, 0.5) is 5.69 Å². The zero-order valence-corrected chi connectivity index (χ0v) is 19.8. The third kappa shape index (κ3) is 3.41. The molecular weight excluding hydrogens is 436 g/mol. The zero-order chi connectivity index (χ0) is 23.4. The van der Waals surface area contributed by atoms with E-state index in [9.17, 15) is 5.11 Å². The zero-order valence-electron chi connectivity index (χ0n) is 19.8. The first-order chi connectivity index (χ1) is 17.3. The van der Waals surface area contributed by atoms with E-state index >= 15 is 0 Å². The summed E-state index contributed by atoms with van der Waals surface area (Å²) in [6, 6.07) is 11.0. The number of fused-ring (bicyclic) bond motifs is 6. The van der Waals surface area contributed by atoms with E-state index in [2.05, 4.69) is 61.5 Å². The van der Waals surface area contributed by atoms with E-state index in [1.807, 2.05) is 6.20 Å². The van der Waals surface area contributed by atoms with Gasteiger partial charge in [-0.05, 0) is 61.1 Å². The molecular formula is C28H30N6O. The molecule has 2 aromatic carbocycles. The lowest BCUT2D eigenvalue weighted by Crippen LogP contribution is -2.47. The number of anilines is 1. The van der Waals surface area contributed by atoms with Gasteiger partial charge in [0.2, 0.25) is 0 Å². The number of hydrogen-bond acceptors (Lipinski definition) is 5. The lowest BCUT2D eigenvalue weighted by molar-refractivity contribution is 0.189. The topological polar surface area (TPSA) is 84.1 Å². The summed E-state index contributed by atoms with van der Waals surface area (Å²) in [7, 11) is 0. The third-order valence-electron chi connectivity index (χ3n) is 7.95. The van der Waals surface area contributed by atoms with E-state index in [4.69, 9.17) is 4.98 Å². The van der Waals surface area contributed by atoms with Gasteiger partial charge < -0.3 is 15.0 Å². The largest absolute Gasteiger partial charge is 0.395 e. The second kappa shape index (κ2) is 8.36.